The fourth-order valence-corrected chi connectivity index (χ4v) is 2.64. The van der Waals surface area contributed by atoms with Crippen molar-refractivity contribution in [3.05, 3.63) is 53.9 Å². The van der Waals surface area contributed by atoms with Gasteiger partial charge in [-0.15, -0.1) is 0 Å². The maximum absolute atomic E-state index is 12.4. The summed E-state index contributed by atoms with van der Waals surface area (Å²) in [5.41, 5.74) is 1.03. The van der Waals surface area contributed by atoms with Gasteiger partial charge in [0.2, 0.25) is 5.82 Å². The second kappa shape index (κ2) is 9.59. The molecule has 0 aliphatic heterocycles. The van der Waals surface area contributed by atoms with Gasteiger partial charge >= 0.3 is 5.97 Å². The van der Waals surface area contributed by atoms with E-state index in [0.29, 0.717) is 47.4 Å². The van der Waals surface area contributed by atoms with E-state index < -0.39 is 5.97 Å². The van der Waals surface area contributed by atoms with Gasteiger partial charge in [-0.1, -0.05) is 17.3 Å². The summed E-state index contributed by atoms with van der Waals surface area (Å²) in [6.45, 7) is 4.56. The summed E-state index contributed by atoms with van der Waals surface area (Å²) < 4.78 is 26.8. The Morgan fingerprint density at radius 3 is 2.52 bits per heavy atom. The summed E-state index contributed by atoms with van der Waals surface area (Å²) >= 11 is 0. The van der Waals surface area contributed by atoms with E-state index >= 15 is 0 Å². The van der Waals surface area contributed by atoms with Crippen LogP contribution >= 0.6 is 0 Å². The van der Waals surface area contributed by atoms with Crippen LogP contribution in [0.3, 0.4) is 0 Å². The molecule has 0 bridgehead atoms. The number of aromatic nitrogens is 2. The molecule has 1 aromatic heterocycles. The molecule has 29 heavy (non-hydrogen) atoms. The van der Waals surface area contributed by atoms with Crippen LogP contribution in [-0.2, 0) is 11.3 Å². The van der Waals surface area contributed by atoms with Gasteiger partial charge in [0.05, 0.1) is 31.5 Å². The van der Waals surface area contributed by atoms with Crippen LogP contribution in [0.1, 0.15) is 30.1 Å². The van der Waals surface area contributed by atoms with Crippen LogP contribution in [0.4, 0.5) is 0 Å². The first-order valence-electron chi connectivity index (χ1n) is 9.19. The standard InChI is InChI=1S/C21H22N2O6/c1-4-26-16-9-7-6-8-15(16)20-22-19(29-23-20)13-28-21(24)14-10-11-17(25-3)18(12-14)27-5-2/h6-12H,4-5,13H2,1-3H3. The van der Waals surface area contributed by atoms with E-state index in [1.54, 1.807) is 18.2 Å². The van der Waals surface area contributed by atoms with Crippen molar-refractivity contribution in [1.29, 1.82) is 0 Å². The molecule has 0 fully saturated rings. The highest BCUT2D eigenvalue weighted by Gasteiger charge is 2.16. The maximum atomic E-state index is 12.4. The number of esters is 1. The third-order valence-corrected chi connectivity index (χ3v) is 3.92. The molecule has 0 amide bonds. The zero-order valence-corrected chi connectivity index (χ0v) is 16.5. The summed E-state index contributed by atoms with van der Waals surface area (Å²) in [5.74, 6) is 1.67. The van der Waals surface area contributed by atoms with Crippen LogP contribution in [0.15, 0.2) is 47.0 Å². The summed E-state index contributed by atoms with van der Waals surface area (Å²) in [6.07, 6.45) is 0. The zero-order valence-electron chi connectivity index (χ0n) is 16.5. The number of hydrogen-bond acceptors (Lipinski definition) is 8. The van der Waals surface area contributed by atoms with Crippen LogP contribution in [0.25, 0.3) is 11.4 Å². The summed E-state index contributed by atoms with van der Waals surface area (Å²) in [4.78, 5) is 16.6. The topological polar surface area (TPSA) is 92.9 Å². The highest BCUT2D eigenvalue weighted by molar-refractivity contribution is 5.90. The molecular formula is C21H22N2O6. The molecule has 0 saturated heterocycles. The molecule has 3 rings (SSSR count). The van der Waals surface area contributed by atoms with Gasteiger partial charge in [-0.2, -0.15) is 4.98 Å². The van der Waals surface area contributed by atoms with Gasteiger partial charge < -0.3 is 23.5 Å². The fourth-order valence-electron chi connectivity index (χ4n) is 2.64. The molecular weight excluding hydrogens is 376 g/mol. The van der Waals surface area contributed by atoms with E-state index in [-0.39, 0.29) is 12.5 Å². The molecule has 1 heterocycles. The summed E-state index contributed by atoms with van der Waals surface area (Å²) in [6, 6.07) is 12.2. The van der Waals surface area contributed by atoms with Crippen LogP contribution in [0.2, 0.25) is 0 Å². The van der Waals surface area contributed by atoms with E-state index in [9.17, 15) is 4.79 Å². The largest absolute Gasteiger partial charge is 0.493 e. The first kappa shape index (κ1) is 20.2. The molecule has 0 unspecified atom stereocenters. The number of carbonyl (C=O) groups is 1. The average Bonchev–Trinajstić information content (AvgIpc) is 3.22. The Kier molecular flexibility index (Phi) is 6.67. The summed E-state index contributed by atoms with van der Waals surface area (Å²) in [7, 11) is 1.53. The molecule has 0 radical (unpaired) electrons. The first-order valence-corrected chi connectivity index (χ1v) is 9.19. The molecule has 152 valence electrons. The predicted octanol–water partition coefficient (Wildman–Crippen LogP) is 3.90. The summed E-state index contributed by atoms with van der Waals surface area (Å²) in [5, 5.41) is 3.95. The van der Waals surface area contributed by atoms with Gasteiger partial charge in [-0.05, 0) is 44.2 Å². The molecule has 0 N–H and O–H groups in total. The number of hydrogen-bond donors (Lipinski definition) is 0. The Labute approximate surface area is 168 Å². The Bertz CT molecular complexity index is 969. The number of methoxy groups -OCH3 is 1. The molecule has 0 saturated carbocycles. The fraction of sp³-hybridized carbons (Fsp3) is 0.286. The quantitative estimate of drug-likeness (QED) is 0.501. The minimum Gasteiger partial charge on any atom is -0.493 e. The van der Waals surface area contributed by atoms with Gasteiger partial charge in [-0.25, -0.2) is 4.79 Å². The van der Waals surface area contributed by atoms with Crippen molar-refractivity contribution in [2.45, 2.75) is 20.5 Å². The van der Waals surface area contributed by atoms with E-state index in [2.05, 4.69) is 10.1 Å². The van der Waals surface area contributed by atoms with E-state index in [1.165, 1.54) is 7.11 Å². The van der Waals surface area contributed by atoms with Crippen LogP contribution < -0.4 is 14.2 Å². The van der Waals surface area contributed by atoms with Crippen molar-refractivity contribution in [3.63, 3.8) is 0 Å². The number of carbonyl (C=O) groups excluding carboxylic acids is 1. The van der Waals surface area contributed by atoms with Gasteiger partial charge in [0, 0.05) is 0 Å². The van der Waals surface area contributed by atoms with Gasteiger partial charge in [0.1, 0.15) is 5.75 Å². The molecule has 0 aliphatic carbocycles. The van der Waals surface area contributed by atoms with Gasteiger partial charge in [0.15, 0.2) is 18.1 Å². The second-order valence-corrected chi connectivity index (χ2v) is 5.82. The van der Waals surface area contributed by atoms with Crippen molar-refractivity contribution in [2.75, 3.05) is 20.3 Å². The molecule has 3 aromatic rings. The van der Waals surface area contributed by atoms with Gasteiger partial charge in [-0.3, -0.25) is 0 Å². The highest BCUT2D eigenvalue weighted by atomic mass is 16.6. The number of benzene rings is 2. The highest BCUT2D eigenvalue weighted by Crippen LogP contribution is 2.29. The predicted molar refractivity (Wildman–Crippen MR) is 104 cm³/mol. The molecule has 2 aromatic carbocycles. The van der Waals surface area contributed by atoms with Crippen LogP contribution in [-0.4, -0.2) is 36.4 Å². The van der Waals surface area contributed by atoms with E-state index in [1.807, 2.05) is 38.1 Å². The van der Waals surface area contributed by atoms with Crippen LogP contribution in [0.5, 0.6) is 17.2 Å². The Hall–Kier alpha value is -3.55. The minimum absolute atomic E-state index is 0.154. The number of rotatable bonds is 9. The lowest BCUT2D eigenvalue weighted by Crippen LogP contribution is -2.06. The van der Waals surface area contributed by atoms with Crippen molar-refractivity contribution >= 4 is 5.97 Å². The molecule has 0 aliphatic rings. The Balaban J connectivity index is 1.68. The number of ether oxygens (including phenoxy) is 4. The molecule has 8 heteroatoms. The van der Waals surface area contributed by atoms with Crippen LogP contribution in [0, 0.1) is 0 Å². The van der Waals surface area contributed by atoms with E-state index in [0.717, 1.165) is 0 Å². The minimum atomic E-state index is -0.539. The van der Waals surface area contributed by atoms with Crippen molar-refractivity contribution in [1.82, 2.24) is 10.1 Å². The third kappa shape index (κ3) is 4.84. The Morgan fingerprint density at radius 1 is 1.00 bits per heavy atom. The first-order chi connectivity index (χ1) is 14.2. The number of para-hydroxylation sites is 1. The van der Waals surface area contributed by atoms with Gasteiger partial charge in [0.25, 0.3) is 5.89 Å². The zero-order chi connectivity index (χ0) is 20.6. The second-order valence-electron chi connectivity index (χ2n) is 5.82. The lowest BCUT2D eigenvalue weighted by Gasteiger charge is -2.10. The van der Waals surface area contributed by atoms with Crippen molar-refractivity contribution in [3.8, 4) is 28.6 Å². The number of nitrogens with zero attached hydrogens (tertiary/aromatic N) is 2. The SMILES string of the molecule is CCOc1cc(C(=O)OCc2nc(-c3ccccc3OCC)no2)ccc1OC. The maximum Gasteiger partial charge on any atom is 0.338 e. The van der Waals surface area contributed by atoms with Crippen molar-refractivity contribution in [2.24, 2.45) is 0 Å². The van der Waals surface area contributed by atoms with E-state index in [4.69, 9.17) is 23.5 Å². The molecule has 8 nitrogen and oxygen atoms in total. The average molecular weight is 398 g/mol. The molecule has 0 atom stereocenters. The lowest BCUT2D eigenvalue weighted by molar-refractivity contribution is 0.0429. The Morgan fingerprint density at radius 2 is 1.76 bits per heavy atom. The molecule has 0 spiro atoms. The third-order valence-electron chi connectivity index (χ3n) is 3.92. The smallest absolute Gasteiger partial charge is 0.338 e. The monoisotopic (exact) mass is 398 g/mol. The normalized spacial score (nSPS) is 10.4. The van der Waals surface area contributed by atoms with Crippen molar-refractivity contribution < 1.29 is 28.3 Å². The lowest BCUT2D eigenvalue weighted by atomic mass is 10.2.